The Hall–Kier alpha value is -0.570. The minimum absolute atomic E-state index is 0.107. The van der Waals surface area contributed by atoms with Crippen molar-refractivity contribution in [1.29, 1.82) is 0 Å². The summed E-state index contributed by atoms with van der Waals surface area (Å²) in [6.45, 7) is 1.86. The molecule has 1 aliphatic rings. The molecule has 104 valence electrons. The second-order valence-corrected chi connectivity index (χ2v) is 7.25. The molecule has 1 unspecified atom stereocenters. The van der Waals surface area contributed by atoms with Crippen LogP contribution in [0.1, 0.15) is 19.8 Å². The maximum absolute atomic E-state index is 12.3. The first-order valence-electron chi connectivity index (χ1n) is 5.84. The number of nitrogens with zero attached hydrogens (tertiary/aromatic N) is 2. The van der Waals surface area contributed by atoms with Crippen molar-refractivity contribution in [2.45, 2.75) is 30.7 Å². The summed E-state index contributed by atoms with van der Waals surface area (Å²) >= 11 is 4.35. The third-order valence-electron chi connectivity index (χ3n) is 2.67. The molecule has 0 saturated carbocycles. The average molecular weight is 364 g/mol. The molecule has 1 N–H and O–H groups in total. The standard InChI is InChI=1S/C11H14BrN3O2S2/c1-8(4-3-7-12)15-19(16,17)10-6-2-5-9-11(10)14-18-13-9/h2,5-6,8,15H,3-4,7H2,1H3. The zero-order chi connectivity index (χ0) is 13.9. The first kappa shape index (κ1) is 14.8. The lowest BCUT2D eigenvalue weighted by atomic mass is 10.2. The van der Waals surface area contributed by atoms with Crippen LogP contribution in [0.4, 0.5) is 11.4 Å². The molecule has 1 atom stereocenters. The van der Waals surface area contributed by atoms with Gasteiger partial charge in [-0.2, -0.15) is 8.73 Å². The Morgan fingerprint density at radius 1 is 1.42 bits per heavy atom. The molecule has 0 bridgehead atoms. The third-order valence-corrected chi connectivity index (χ3v) is 5.39. The van der Waals surface area contributed by atoms with Gasteiger partial charge < -0.3 is 0 Å². The Morgan fingerprint density at radius 3 is 2.95 bits per heavy atom. The van der Waals surface area contributed by atoms with Gasteiger partial charge in [0.2, 0.25) is 10.0 Å². The van der Waals surface area contributed by atoms with E-state index < -0.39 is 10.0 Å². The van der Waals surface area contributed by atoms with E-state index in [1.165, 1.54) is 0 Å². The molecular formula is C11H14BrN3O2S2. The summed E-state index contributed by atoms with van der Waals surface area (Å²) in [5, 5.41) is 0.866. The number of nitrogens with one attached hydrogen (secondary N) is 1. The molecule has 0 spiro atoms. The van der Waals surface area contributed by atoms with Crippen LogP contribution in [0, 0.1) is 0 Å². The monoisotopic (exact) mass is 363 g/mol. The average Bonchev–Trinajstić information content (AvgIpc) is 2.83. The summed E-state index contributed by atoms with van der Waals surface area (Å²) in [5.74, 6) is 0. The van der Waals surface area contributed by atoms with E-state index in [0.717, 1.165) is 29.5 Å². The maximum atomic E-state index is 12.3. The van der Waals surface area contributed by atoms with Crippen LogP contribution in [-0.4, -0.2) is 19.8 Å². The summed E-state index contributed by atoms with van der Waals surface area (Å²) in [5.41, 5.74) is 1.05. The Kier molecular flexibility index (Phi) is 4.88. The molecule has 8 heteroatoms. The van der Waals surface area contributed by atoms with E-state index in [9.17, 15) is 8.42 Å². The van der Waals surface area contributed by atoms with E-state index in [0.29, 0.717) is 11.4 Å². The number of hydrogen-bond donors (Lipinski definition) is 1. The van der Waals surface area contributed by atoms with Crippen molar-refractivity contribution in [3.63, 3.8) is 0 Å². The lowest BCUT2D eigenvalue weighted by Crippen LogP contribution is -2.32. The van der Waals surface area contributed by atoms with Crippen LogP contribution < -0.4 is 4.72 Å². The van der Waals surface area contributed by atoms with Gasteiger partial charge in [-0.15, -0.1) is 0 Å². The van der Waals surface area contributed by atoms with E-state index >= 15 is 0 Å². The topological polar surface area (TPSA) is 70.9 Å². The first-order valence-corrected chi connectivity index (χ1v) is 9.17. The SMILES string of the molecule is CC(CCCBr)NS(=O)(=O)c1cccc2c1N=S=N2. The van der Waals surface area contributed by atoms with Crippen molar-refractivity contribution in [3.8, 4) is 0 Å². The van der Waals surface area contributed by atoms with Gasteiger partial charge in [0.15, 0.2) is 0 Å². The zero-order valence-electron chi connectivity index (χ0n) is 10.3. The third kappa shape index (κ3) is 3.50. The summed E-state index contributed by atoms with van der Waals surface area (Å²) in [7, 11) is -3.55. The van der Waals surface area contributed by atoms with E-state index in [4.69, 9.17) is 0 Å². The quantitative estimate of drug-likeness (QED) is 0.800. The van der Waals surface area contributed by atoms with Crippen molar-refractivity contribution in [1.82, 2.24) is 4.72 Å². The lowest BCUT2D eigenvalue weighted by molar-refractivity contribution is 0.545. The Labute approximate surface area is 124 Å². The molecule has 19 heavy (non-hydrogen) atoms. The molecule has 0 saturated heterocycles. The predicted octanol–water partition coefficient (Wildman–Crippen LogP) is 3.25. The van der Waals surface area contributed by atoms with Gasteiger partial charge in [-0.3, -0.25) is 0 Å². The highest BCUT2D eigenvalue weighted by atomic mass is 79.9. The van der Waals surface area contributed by atoms with E-state index in [-0.39, 0.29) is 10.9 Å². The van der Waals surface area contributed by atoms with Crippen molar-refractivity contribution < 1.29 is 8.42 Å². The fourth-order valence-corrected chi connectivity index (χ4v) is 4.14. The van der Waals surface area contributed by atoms with Gasteiger partial charge in [0.1, 0.15) is 16.3 Å². The van der Waals surface area contributed by atoms with Gasteiger partial charge >= 0.3 is 0 Å². The molecule has 1 aliphatic heterocycles. The van der Waals surface area contributed by atoms with Crippen LogP contribution in [0.2, 0.25) is 0 Å². The summed E-state index contributed by atoms with van der Waals surface area (Å²) in [6.07, 6.45) is 1.71. The molecule has 1 aromatic rings. The molecule has 1 aromatic carbocycles. The number of halogens is 1. The highest BCUT2D eigenvalue weighted by molar-refractivity contribution is 9.09. The summed E-state index contributed by atoms with van der Waals surface area (Å²) in [6, 6.07) is 4.89. The minimum Gasteiger partial charge on any atom is -0.208 e. The van der Waals surface area contributed by atoms with Gasteiger partial charge in [0, 0.05) is 11.4 Å². The molecule has 0 fully saturated rings. The van der Waals surface area contributed by atoms with Crippen LogP contribution in [0.15, 0.2) is 31.8 Å². The molecule has 0 radical (unpaired) electrons. The number of sulfonamides is 1. The molecule has 5 nitrogen and oxygen atoms in total. The molecule has 0 amide bonds. The van der Waals surface area contributed by atoms with Gasteiger partial charge in [-0.1, -0.05) is 22.0 Å². The second-order valence-electron chi connectivity index (χ2n) is 4.24. The maximum Gasteiger partial charge on any atom is 0.243 e. The Morgan fingerprint density at radius 2 is 2.21 bits per heavy atom. The van der Waals surface area contributed by atoms with Crippen molar-refractivity contribution >= 4 is 48.7 Å². The van der Waals surface area contributed by atoms with Gasteiger partial charge in [-0.25, -0.2) is 13.1 Å². The van der Waals surface area contributed by atoms with Crippen molar-refractivity contribution in [2.75, 3.05) is 5.33 Å². The smallest absolute Gasteiger partial charge is 0.208 e. The number of fused-ring (bicyclic) bond motifs is 1. The lowest BCUT2D eigenvalue weighted by Gasteiger charge is -2.14. The number of alkyl halides is 1. The van der Waals surface area contributed by atoms with Crippen molar-refractivity contribution in [3.05, 3.63) is 18.2 Å². The largest absolute Gasteiger partial charge is 0.243 e. The fourth-order valence-electron chi connectivity index (χ4n) is 1.77. The molecular weight excluding hydrogens is 350 g/mol. The summed E-state index contributed by atoms with van der Waals surface area (Å²) < 4.78 is 35.5. The highest BCUT2D eigenvalue weighted by Crippen LogP contribution is 2.37. The molecule has 1 heterocycles. The molecule has 0 aliphatic carbocycles. The highest BCUT2D eigenvalue weighted by Gasteiger charge is 2.23. The van der Waals surface area contributed by atoms with Gasteiger partial charge in [0.25, 0.3) is 0 Å². The minimum atomic E-state index is -3.55. The van der Waals surface area contributed by atoms with E-state index in [1.807, 2.05) is 6.92 Å². The molecule has 2 rings (SSSR count). The zero-order valence-corrected chi connectivity index (χ0v) is 13.6. The number of hydrogen-bond acceptors (Lipinski definition) is 4. The second kappa shape index (κ2) is 6.25. The van der Waals surface area contributed by atoms with Gasteiger partial charge in [-0.05, 0) is 31.9 Å². The van der Waals surface area contributed by atoms with Crippen LogP contribution in [-0.2, 0) is 21.4 Å². The van der Waals surface area contributed by atoms with Crippen molar-refractivity contribution in [2.24, 2.45) is 8.73 Å². The van der Waals surface area contributed by atoms with Crippen LogP contribution >= 0.6 is 15.9 Å². The van der Waals surface area contributed by atoms with Gasteiger partial charge in [0.05, 0.1) is 11.4 Å². The number of benzene rings is 1. The Bertz CT molecular complexity index is 639. The van der Waals surface area contributed by atoms with Crippen LogP contribution in [0.5, 0.6) is 0 Å². The van der Waals surface area contributed by atoms with Crippen LogP contribution in [0.3, 0.4) is 0 Å². The fraction of sp³-hybridized carbons (Fsp3) is 0.455. The first-order chi connectivity index (χ1) is 9.04. The Balaban J connectivity index is 2.22. The molecule has 0 aromatic heterocycles. The van der Waals surface area contributed by atoms with E-state index in [2.05, 4.69) is 29.4 Å². The van der Waals surface area contributed by atoms with E-state index in [1.54, 1.807) is 18.2 Å². The van der Waals surface area contributed by atoms with Crippen LogP contribution in [0.25, 0.3) is 0 Å². The normalized spacial score (nSPS) is 15.1. The number of rotatable bonds is 6. The predicted molar refractivity (Wildman–Crippen MR) is 80.8 cm³/mol. The summed E-state index contributed by atoms with van der Waals surface area (Å²) in [4.78, 5) is 0.199.